The molecule has 0 aliphatic heterocycles. The molecule has 0 saturated heterocycles. The molecule has 104 valence electrons. The van der Waals surface area contributed by atoms with E-state index in [-0.39, 0.29) is 5.96 Å². The van der Waals surface area contributed by atoms with E-state index in [0.29, 0.717) is 0 Å². The van der Waals surface area contributed by atoms with Gasteiger partial charge >= 0.3 is 0 Å². The summed E-state index contributed by atoms with van der Waals surface area (Å²) < 4.78 is 0. The van der Waals surface area contributed by atoms with Crippen molar-refractivity contribution < 1.29 is 0 Å². The summed E-state index contributed by atoms with van der Waals surface area (Å²) in [6, 6.07) is 0. The minimum Gasteiger partial charge on any atom is -0.266 e. The van der Waals surface area contributed by atoms with E-state index in [2.05, 4.69) is 34.9 Å². The maximum absolute atomic E-state index is 7.59. The van der Waals surface area contributed by atoms with Gasteiger partial charge in [-0.3, -0.25) is 5.41 Å². The summed E-state index contributed by atoms with van der Waals surface area (Å²) in [6.07, 6.45) is 6.51. The number of hydrogen-bond donors (Lipinski definition) is 3. The fourth-order valence-electron chi connectivity index (χ4n) is 1.30. The number of hydrazone groups is 2. The van der Waals surface area contributed by atoms with Crippen molar-refractivity contribution in [1.29, 1.82) is 5.41 Å². The minimum absolute atomic E-state index is 0.113. The Balaban J connectivity index is 3.89. The van der Waals surface area contributed by atoms with Crippen LogP contribution >= 0.6 is 0 Å². The maximum atomic E-state index is 7.59. The van der Waals surface area contributed by atoms with Gasteiger partial charge in [-0.15, -0.1) is 0 Å². The number of rotatable bonds is 8. The van der Waals surface area contributed by atoms with Crippen molar-refractivity contribution in [3.63, 3.8) is 0 Å². The highest BCUT2D eigenvalue weighted by molar-refractivity contribution is 5.86. The Hall–Kier alpha value is -1.39. The molecule has 0 spiro atoms. The molecular weight excluding hydrogens is 226 g/mol. The minimum atomic E-state index is 0.113. The van der Waals surface area contributed by atoms with Crippen LogP contribution in [0.2, 0.25) is 0 Å². The van der Waals surface area contributed by atoms with Crippen LogP contribution in [0.3, 0.4) is 0 Å². The van der Waals surface area contributed by atoms with Crippen LogP contribution in [0.5, 0.6) is 0 Å². The van der Waals surface area contributed by atoms with Crippen molar-refractivity contribution in [2.75, 3.05) is 0 Å². The number of guanidine groups is 1. The maximum Gasteiger partial charge on any atom is 0.230 e. The van der Waals surface area contributed by atoms with E-state index in [9.17, 15) is 0 Å². The van der Waals surface area contributed by atoms with Gasteiger partial charge in [-0.1, -0.05) is 26.7 Å². The first-order valence-corrected chi connectivity index (χ1v) is 6.77. The molecule has 0 aromatic heterocycles. The van der Waals surface area contributed by atoms with Crippen LogP contribution in [0.15, 0.2) is 10.2 Å². The number of hydrogen-bond acceptors (Lipinski definition) is 3. The Bertz CT molecular complexity index is 266. The molecule has 0 bridgehead atoms. The third kappa shape index (κ3) is 9.81. The van der Waals surface area contributed by atoms with Crippen molar-refractivity contribution in [2.24, 2.45) is 10.2 Å². The largest absolute Gasteiger partial charge is 0.266 e. The Labute approximate surface area is 111 Å². The van der Waals surface area contributed by atoms with E-state index >= 15 is 0 Å². The molecule has 0 aromatic carbocycles. The van der Waals surface area contributed by atoms with Gasteiger partial charge in [-0.2, -0.15) is 10.2 Å². The van der Waals surface area contributed by atoms with E-state index in [4.69, 9.17) is 5.41 Å². The van der Waals surface area contributed by atoms with E-state index in [1.807, 2.05) is 13.8 Å². The van der Waals surface area contributed by atoms with Crippen LogP contribution in [0, 0.1) is 5.41 Å². The monoisotopic (exact) mass is 253 g/mol. The van der Waals surface area contributed by atoms with Gasteiger partial charge in [0.25, 0.3) is 0 Å². The quantitative estimate of drug-likeness (QED) is 0.353. The Morgan fingerprint density at radius 2 is 1.28 bits per heavy atom. The Morgan fingerprint density at radius 1 is 0.889 bits per heavy atom. The van der Waals surface area contributed by atoms with Gasteiger partial charge in [0, 0.05) is 11.4 Å². The summed E-state index contributed by atoms with van der Waals surface area (Å²) in [4.78, 5) is 0. The van der Waals surface area contributed by atoms with Crippen molar-refractivity contribution in [3.8, 4) is 0 Å². The first kappa shape index (κ1) is 16.6. The lowest BCUT2D eigenvalue weighted by Crippen LogP contribution is -2.30. The molecule has 0 aromatic rings. The van der Waals surface area contributed by atoms with E-state index < -0.39 is 0 Å². The highest BCUT2D eigenvalue weighted by atomic mass is 15.5. The lowest BCUT2D eigenvalue weighted by molar-refractivity contribution is 0.810. The molecule has 5 nitrogen and oxygen atoms in total. The van der Waals surface area contributed by atoms with Gasteiger partial charge in [-0.05, 0) is 39.5 Å². The van der Waals surface area contributed by atoms with E-state index in [0.717, 1.165) is 49.9 Å². The van der Waals surface area contributed by atoms with Gasteiger partial charge in [0.2, 0.25) is 5.96 Å². The SMILES string of the molecule is CCCC/C(C)=N/NC(=N)N/N=C(\C)CCCC. The van der Waals surface area contributed by atoms with Crippen LogP contribution < -0.4 is 10.9 Å². The Morgan fingerprint density at radius 3 is 1.61 bits per heavy atom. The first-order valence-electron chi connectivity index (χ1n) is 6.77. The number of nitrogens with one attached hydrogen (secondary N) is 3. The highest BCUT2D eigenvalue weighted by Gasteiger charge is 1.95. The molecule has 3 N–H and O–H groups in total. The predicted molar refractivity (Wildman–Crippen MR) is 79.3 cm³/mol. The average Bonchev–Trinajstić information content (AvgIpc) is 2.37. The summed E-state index contributed by atoms with van der Waals surface area (Å²) in [5.41, 5.74) is 7.33. The molecular formula is C13H27N5. The van der Waals surface area contributed by atoms with Crippen molar-refractivity contribution in [2.45, 2.75) is 66.2 Å². The molecule has 0 radical (unpaired) electrons. The van der Waals surface area contributed by atoms with Crippen molar-refractivity contribution in [1.82, 2.24) is 10.9 Å². The predicted octanol–water partition coefficient (Wildman–Crippen LogP) is 3.23. The van der Waals surface area contributed by atoms with Gasteiger partial charge < -0.3 is 0 Å². The molecule has 0 aliphatic rings. The standard InChI is InChI=1S/C13H27N5/c1-5-7-9-11(3)15-17-13(14)18-16-12(4)10-8-6-2/h5-10H2,1-4H3,(H3,14,17,18)/b15-11+,16-12+. The van der Waals surface area contributed by atoms with Crippen LogP contribution in [-0.4, -0.2) is 17.4 Å². The summed E-state index contributed by atoms with van der Waals surface area (Å²) in [7, 11) is 0. The second-order valence-corrected chi connectivity index (χ2v) is 4.50. The van der Waals surface area contributed by atoms with Crippen LogP contribution in [0.1, 0.15) is 66.2 Å². The van der Waals surface area contributed by atoms with Crippen LogP contribution in [-0.2, 0) is 0 Å². The lowest BCUT2D eigenvalue weighted by atomic mass is 10.2. The molecule has 0 rings (SSSR count). The summed E-state index contributed by atoms with van der Waals surface area (Å²) in [5, 5.41) is 15.8. The second-order valence-electron chi connectivity index (χ2n) is 4.50. The normalized spacial score (nSPS) is 12.4. The first-order chi connectivity index (χ1) is 8.60. The van der Waals surface area contributed by atoms with E-state index in [1.54, 1.807) is 0 Å². The Kier molecular flexibility index (Phi) is 9.91. The zero-order valence-corrected chi connectivity index (χ0v) is 12.1. The topological polar surface area (TPSA) is 72.6 Å². The molecule has 18 heavy (non-hydrogen) atoms. The van der Waals surface area contributed by atoms with Gasteiger partial charge in [-0.25, -0.2) is 10.9 Å². The highest BCUT2D eigenvalue weighted by Crippen LogP contribution is 1.96. The van der Waals surface area contributed by atoms with Crippen LogP contribution in [0.4, 0.5) is 0 Å². The zero-order valence-electron chi connectivity index (χ0n) is 12.1. The van der Waals surface area contributed by atoms with Crippen molar-refractivity contribution >= 4 is 17.4 Å². The molecule has 0 unspecified atom stereocenters. The molecule has 0 fully saturated rings. The van der Waals surface area contributed by atoms with Gasteiger partial charge in [0.1, 0.15) is 0 Å². The summed E-state index contributed by atoms with van der Waals surface area (Å²) in [6.45, 7) is 8.23. The number of nitrogens with zero attached hydrogens (tertiary/aromatic N) is 2. The van der Waals surface area contributed by atoms with E-state index in [1.165, 1.54) is 0 Å². The zero-order chi connectivity index (χ0) is 13.8. The molecule has 5 heteroatoms. The fraction of sp³-hybridized carbons (Fsp3) is 0.769. The fourth-order valence-corrected chi connectivity index (χ4v) is 1.30. The van der Waals surface area contributed by atoms with Gasteiger partial charge in [0.05, 0.1) is 0 Å². The summed E-state index contributed by atoms with van der Waals surface area (Å²) >= 11 is 0. The molecule has 0 heterocycles. The molecule has 0 saturated carbocycles. The lowest BCUT2D eigenvalue weighted by Gasteiger charge is -2.05. The second kappa shape index (κ2) is 10.7. The average molecular weight is 253 g/mol. The summed E-state index contributed by atoms with van der Waals surface area (Å²) in [5.74, 6) is 0.113. The van der Waals surface area contributed by atoms with Gasteiger partial charge in [0.15, 0.2) is 0 Å². The molecule has 0 aliphatic carbocycles. The molecule has 0 atom stereocenters. The number of unbranched alkanes of at least 4 members (excludes halogenated alkanes) is 2. The van der Waals surface area contributed by atoms with Crippen LogP contribution in [0.25, 0.3) is 0 Å². The third-order valence-corrected chi connectivity index (χ3v) is 2.50. The third-order valence-electron chi connectivity index (χ3n) is 2.50. The van der Waals surface area contributed by atoms with Crippen molar-refractivity contribution in [3.05, 3.63) is 0 Å². The smallest absolute Gasteiger partial charge is 0.230 e. The molecule has 0 amide bonds.